The lowest BCUT2D eigenvalue weighted by molar-refractivity contribution is 0.279. The van der Waals surface area contributed by atoms with E-state index in [4.69, 9.17) is 5.11 Å². The van der Waals surface area contributed by atoms with Crippen molar-refractivity contribution in [2.24, 2.45) is 0 Å². The summed E-state index contributed by atoms with van der Waals surface area (Å²) in [5.74, 6) is 2.43. The van der Waals surface area contributed by atoms with Crippen LogP contribution in [0.3, 0.4) is 0 Å². The van der Waals surface area contributed by atoms with Crippen LogP contribution in [-0.4, -0.2) is 40.8 Å². The molecule has 1 atom stereocenters. The molecule has 5 nitrogen and oxygen atoms in total. The van der Waals surface area contributed by atoms with Gasteiger partial charge < -0.3 is 15.3 Å². The van der Waals surface area contributed by atoms with E-state index in [0.717, 1.165) is 37.6 Å². The van der Waals surface area contributed by atoms with Gasteiger partial charge in [-0.2, -0.15) is 0 Å². The van der Waals surface area contributed by atoms with Gasteiger partial charge in [-0.15, -0.1) is 0 Å². The highest BCUT2D eigenvalue weighted by Gasteiger charge is 2.28. The van der Waals surface area contributed by atoms with Crippen molar-refractivity contribution in [3.05, 3.63) is 11.9 Å². The van der Waals surface area contributed by atoms with Gasteiger partial charge in [0.1, 0.15) is 18.0 Å². The molecule has 0 spiro atoms. The monoisotopic (exact) mass is 292 g/mol. The van der Waals surface area contributed by atoms with E-state index in [-0.39, 0.29) is 6.61 Å². The van der Waals surface area contributed by atoms with E-state index in [2.05, 4.69) is 41.0 Å². The van der Waals surface area contributed by atoms with Crippen LogP contribution in [0, 0.1) is 0 Å². The first-order chi connectivity index (χ1) is 10.2. The van der Waals surface area contributed by atoms with Gasteiger partial charge in [0.05, 0.1) is 0 Å². The van der Waals surface area contributed by atoms with Gasteiger partial charge in [0.15, 0.2) is 0 Å². The number of nitrogens with one attached hydrogen (secondary N) is 1. The Morgan fingerprint density at radius 2 is 2.24 bits per heavy atom. The first kappa shape index (κ1) is 16.0. The van der Waals surface area contributed by atoms with E-state index < -0.39 is 0 Å². The van der Waals surface area contributed by atoms with Gasteiger partial charge in [0.25, 0.3) is 0 Å². The third-order valence-corrected chi connectivity index (χ3v) is 4.13. The molecular weight excluding hydrogens is 264 g/mol. The molecule has 2 N–H and O–H groups in total. The van der Waals surface area contributed by atoms with Gasteiger partial charge in [-0.3, -0.25) is 0 Å². The fraction of sp³-hybridized carbons (Fsp3) is 0.750. The molecule has 0 aliphatic carbocycles. The summed E-state index contributed by atoms with van der Waals surface area (Å²) in [7, 11) is 0. The SMILES string of the molecule is CCNc1ncnc(N2CCCC2CCCO)c1C(C)C. The number of anilines is 2. The van der Waals surface area contributed by atoms with E-state index >= 15 is 0 Å². The number of hydrogen-bond donors (Lipinski definition) is 2. The molecule has 1 aliphatic rings. The van der Waals surface area contributed by atoms with Crippen LogP contribution in [0.1, 0.15) is 57.9 Å². The minimum absolute atomic E-state index is 0.272. The predicted molar refractivity (Wildman–Crippen MR) is 87.0 cm³/mol. The van der Waals surface area contributed by atoms with Crippen LogP contribution in [0.4, 0.5) is 11.6 Å². The first-order valence-electron chi connectivity index (χ1n) is 8.15. The Balaban J connectivity index is 2.31. The topological polar surface area (TPSA) is 61.3 Å². The van der Waals surface area contributed by atoms with E-state index in [0.29, 0.717) is 12.0 Å². The maximum Gasteiger partial charge on any atom is 0.137 e. The Morgan fingerprint density at radius 3 is 2.90 bits per heavy atom. The number of aliphatic hydroxyl groups is 1. The maximum atomic E-state index is 9.09. The summed E-state index contributed by atoms with van der Waals surface area (Å²) < 4.78 is 0. The number of nitrogens with zero attached hydrogens (tertiary/aromatic N) is 3. The molecule has 0 radical (unpaired) electrons. The zero-order valence-corrected chi connectivity index (χ0v) is 13.5. The van der Waals surface area contributed by atoms with Gasteiger partial charge in [-0.05, 0) is 38.5 Å². The summed E-state index contributed by atoms with van der Waals surface area (Å²) in [6, 6.07) is 0.499. The second-order valence-electron chi connectivity index (χ2n) is 6.00. The predicted octanol–water partition coefficient (Wildman–Crippen LogP) is 2.77. The third-order valence-electron chi connectivity index (χ3n) is 4.13. The number of hydrogen-bond acceptors (Lipinski definition) is 5. The van der Waals surface area contributed by atoms with Crippen LogP contribution in [0.2, 0.25) is 0 Å². The van der Waals surface area contributed by atoms with Crippen LogP contribution in [0.25, 0.3) is 0 Å². The van der Waals surface area contributed by atoms with Gasteiger partial charge in [0.2, 0.25) is 0 Å². The van der Waals surface area contributed by atoms with Crippen molar-refractivity contribution in [1.29, 1.82) is 0 Å². The Hall–Kier alpha value is -1.36. The molecule has 1 aliphatic heterocycles. The largest absolute Gasteiger partial charge is 0.396 e. The Morgan fingerprint density at radius 1 is 1.43 bits per heavy atom. The number of aliphatic hydroxyl groups excluding tert-OH is 1. The summed E-state index contributed by atoms with van der Waals surface area (Å²) in [6.07, 6.45) is 5.96. The minimum atomic E-state index is 0.272. The van der Waals surface area contributed by atoms with Crippen LogP contribution in [0.15, 0.2) is 6.33 Å². The fourth-order valence-electron chi connectivity index (χ4n) is 3.20. The average molecular weight is 292 g/mol. The lowest BCUT2D eigenvalue weighted by atomic mass is 10.0. The Kier molecular flexibility index (Phi) is 5.79. The van der Waals surface area contributed by atoms with E-state index in [1.54, 1.807) is 6.33 Å². The van der Waals surface area contributed by atoms with Crippen molar-refractivity contribution in [2.45, 2.75) is 58.4 Å². The van der Waals surface area contributed by atoms with Crippen LogP contribution >= 0.6 is 0 Å². The summed E-state index contributed by atoms with van der Waals surface area (Å²) >= 11 is 0. The highest BCUT2D eigenvalue weighted by atomic mass is 16.2. The van der Waals surface area contributed by atoms with Crippen molar-refractivity contribution in [3.63, 3.8) is 0 Å². The summed E-state index contributed by atoms with van der Waals surface area (Å²) in [6.45, 7) is 8.67. The quantitative estimate of drug-likeness (QED) is 0.809. The molecular formula is C16H28N4O. The van der Waals surface area contributed by atoms with Crippen molar-refractivity contribution in [2.75, 3.05) is 29.9 Å². The molecule has 1 unspecified atom stereocenters. The van der Waals surface area contributed by atoms with E-state index in [1.807, 2.05) is 0 Å². The molecule has 2 heterocycles. The van der Waals surface area contributed by atoms with Gasteiger partial charge >= 0.3 is 0 Å². The lowest BCUT2D eigenvalue weighted by Gasteiger charge is -2.29. The Labute approximate surface area is 127 Å². The van der Waals surface area contributed by atoms with Gasteiger partial charge in [-0.1, -0.05) is 13.8 Å². The maximum absolute atomic E-state index is 9.09. The number of aromatic nitrogens is 2. The van der Waals surface area contributed by atoms with Gasteiger partial charge in [-0.25, -0.2) is 9.97 Å². The minimum Gasteiger partial charge on any atom is -0.396 e. The molecule has 0 saturated carbocycles. The molecule has 1 saturated heterocycles. The van der Waals surface area contributed by atoms with E-state index in [9.17, 15) is 0 Å². The first-order valence-corrected chi connectivity index (χ1v) is 8.15. The zero-order chi connectivity index (χ0) is 15.2. The average Bonchev–Trinajstić information content (AvgIpc) is 2.93. The molecule has 1 aromatic heterocycles. The van der Waals surface area contributed by atoms with Crippen molar-refractivity contribution >= 4 is 11.6 Å². The Bertz CT molecular complexity index is 450. The van der Waals surface area contributed by atoms with Crippen molar-refractivity contribution in [1.82, 2.24) is 9.97 Å². The molecule has 1 fully saturated rings. The smallest absolute Gasteiger partial charge is 0.137 e. The third kappa shape index (κ3) is 3.64. The zero-order valence-electron chi connectivity index (χ0n) is 13.5. The summed E-state index contributed by atoms with van der Waals surface area (Å²) in [4.78, 5) is 11.4. The highest BCUT2D eigenvalue weighted by Crippen LogP contribution is 2.35. The normalized spacial score (nSPS) is 18.5. The molecule has 0 bridgehead atoms. The van der Waals surface area contributed by atoms with Crippen LogP contribution in [0.5, 0.6) is 0 Å². The van der Waals surface area contributed by atoms with Crippen LogP contribution in [-0.2, 0) is 0 Å². The molecule has 0 aromatic carbocycles. The van der Waals surface area contributed by atoms with Gasteiger partial charge in [0, 0.05) is 31.3 Å². The standard InChI is InChI=1S/C16H28N4O/c1-4-17-15-14(12(2)3)16(19-11-18-15)20-9-5-7-13(20)8-6-10-21/h11-13,21H,4-10H2,1-3H3,(H,17,18,19). The number of rotatable bonds is 7. The molecule has 118 valence electrons. The summed E-state index contributed by atoms with van der Waals surface area (Å²) in [5, 5.41) is 12.4. The van der Waals surface area contributed by atoms with Crippen molar-refractivity contribution < 1.29 is 5.11 Å². The molecule has 21 heavy (non-hydrogen) atoms. The van der Waals surface area contributed by atoms with E-state index in [1.165, 1.54) is 18.4 Å². The molecule has 5 heteroatoms. The summed E-state index contributed by atoms with van der Waals surface area (Å²) in [5.41, 5.74) is 1.22. The molecule has 1 aromatic rings. The molecule has 2 rings (SSSR count). The second kappa shape index (κ2) is 7.59. The molecule has 0 amide bonds. The second-order valence-corrected chi connectivity index (χ2v) is 6.00. The highest BCUT2D eigenvalue weighted by molar-refractivity contribution is 5.61. The van der Waals surface area contributed by atoms with Crippen LogP contribution < -0.4 is 10.2 Å². The lowest BCUT2D eigenvalue weighted by Crippen LogP contribution is -2.31. The van der Waals surface area contributed by atoms with Crippen molar-refractivity contribution in [3.8, 4) is 0 Å². The fourth-order valence-corrected chi connectivity index (χ4v) is 3.20.